The molecule has 1 aliphatic rings. The Hall–Kier alpha value is -2.05. The molecule has 108 valence electrons. The summed E-state index contributed by atoms with van der Waals surface area (Å²) in [6.45, 7) is 1.02. The number of benzene rings is 1. The average molecular weight is 286 g/mol. The molecule has 20 heavy (non-hydrogen) atoms. The minimum absolute atomic E-state index is 0.0441. The highest BCUT2D eigenvalue weighted by Crippen LogP contribution is 2.30. The molecule has 1 saturated heterocycles. The lowest BCUT2D eigenvalue weighted by Crippen LogP contribution is -2.37. The molecule has 0 aromatic heterocycles. The van der Waals surface area contributed by atoms with Crippen LogP contribution in [0.25, 0.3) is 0 Å². The summed E-state index contributed by atoms with van der Waals surface area (Å²) in [7, 11) is 0. The molecule has 1 heterocycles. The number of hydrogen-bond acceptors (Lipinski definition) is 2. The van der Waals surface area contributed by atoms with E-state index in [1.807, 2.05) is 0 Å². The Balaban J connectivity index is 2.06. The largest absolute Gasteiger partial charge is 0.416 e. The van der Waals surface area contributed by atoms with Crippen LogP contribution < -0.4 is 5.32 Å². The van der Waals surface area contributed by atoms with Gasteiger partial charge in [-0.25, -0.2) is 0 Å². The van der Waals surface area contributed by atoms with E-state index in [-0.39, 0.29) is 5.69 Å². The van der Waals surface area contributed by atoms with Crippen LogP contribution in [0.4, 0.5) is 18.9 Å². The fraction of sp³-hybridized carbons (Fsp3) is 0.385. The Labute approximate surface area is 113 Å². The van der Waals surface area contributed by atoms with Gasteiger partial charge in [0.1, 0.15) is 0 Å². The summed E-state index contributed by atoms with van der Waals surface area (Å²) >= 11 is 0. The van der Waals surface area contributed by atoms with Crippen LogP contribution in [0.1, 0.15) is 18.4 Å². The predicted octanol–water partition coefficient (Wildman–Crippen LogP) is 2.27. The Morgan fingerprint density at radius 1 is 1.15 bits per heavy atom. The Morgan fingerprint density at radius 2 is 1.80 bits per heavy atom. The van der Waals surface area contributed by atoms with Gasteiger partial charge in [-0.3, -0.25) is 9.59 Å². The first-order chi connectivity index (χ1) is 9.38. The van der Waals surface area contributed by atoms with Crippen molar-refractivity contribution < 1.29 is 22.8 Å². The quantitative estimate of drug-likeness (QED) is 0.805. The summed E-state index contributed by atoms with van der Waals surface area (Å²) in [6.07, 6.45) is -2.81. The molecule has 1 aliphatic heterocycles. The SMILES string of the molecule is O=C(Nc1cccc(C(F)(F)F)c1)C(=O)N1CCCC1. The minimum atomic E-state index is -4.49. The van der Waals surface area contributed by atoms with E-state index in [4.69, 9.17) is 0 Å². The number of nitrogens with one attached hydrogen (secondary N) is 1. The number of carbonyl (C=O) groups is 2. The van der Waals surface area contributed by atoms with Crippen LogP contribution >= 0.6 is 0 Å². The van der Waals surface area contributed by atoms with E-state index in [2.05, 4.69) is 5.32 Å². The number of anilines is 1. The zero-order valence-electron chi connectivity index (χ0n) is 10.5. The van der Waals surface area contributed by atoms with E-state index >= 15 is 0 Å². The van der Waals surface area contributed by atoms with Crippen molar-refractivity contribution >= 4 is 17.5 Å². The Kier molecular flexibility index (Phi) is 3.96. The van der Waals surface area contributed by atoms with Crippen LogP contribution in [0.15, 0.2) is 24.3 Å². The fourth-order valence-corrected chi connectivity index (χ4v) is 2.02. The molecular weight excluding hydrogens is 273 g/mol. The molecule has 1 N–H and O–H groups in total. The van der Waals surface area contributed by atoms with Gasteiger partial charge < -0.3 is 10.2 Å². The summed E-state index contributed by atoms with van der Waals surface area (Å²) in [4.78, 5) is 24.8. The first kappa shape index (κ1) is 14.4. The predicted molar refractivity (Wildman–Crippen MR) is 65.9 cm³/mol. The van der Waals surface area contributed by atoms with Crippen LogP contribution in [-0.2, 0) is 15.8 Å². The second kappa shape index (κ2) is 5.52. The van der Waals surface area contributed by atoms with Crippen LogP contribution in [0.2, 0.25) is 0 Å². The number of likely N-dealkylation sites (tertiary alicyclic amines) is 1. The van der Waals surface area contributed by atoms with Crippen molar-refractivity contribution in [2.75, 3.05) is 18.4 Å². The summed E-state index contributed by atoms with van der Waals surface area (Å²) in [5.41, 5.74) is -0.915. The highest BCUT2D eigenvalue weighted by molar-refractivity contribution is 6.39. The number of amides is 2. The zero-order chi connectivity index (χ0) is 14.8. The third-order valence-corrected chi connectivity index (χ3v) is 3.04. The maximum atomic E-state index is 12.5. The standard InChI is InChI=1S/C13H13F3N2O2/c14-13(15,16)9-4-3-5-10(8-9)17-11(19)12(20)18-6-1-2-7-18/h3-5,8H,1-2,6-7H2,(H,17,19). The molecule has 1 aromatic rings. The molecule has 2 amide bonds. The maximum Gasteiger partial charge on any atom is 0.416 e. The molecular formula is C13H13F3N2O2. The molecule has 0 radical (unpaired) electrons. The average Bonchev–Trinajstić information content (AvgIpc) is 2.91. The third-order valence-electron chi connectivity index (χ3n) is 3.04. The summed E-state index contributed by atoms with van der Waals surface area (Å²) in [6, 6.07) is 4.19. The summed E-state index contributed by atoms with van der Waals surface area (Å²) in [5.74, 6) is -1.62. The van der Waals surface area contributed by atoms with E-state index in [1.54, 1.807) is 0 Å². The molecule has 0 bridgehead atoms. The van der Waals surface area contributed by atoms with E-state index < -0.39 is 23.6 Å². The Morgan fingerprint density at radius 3 is 2.40 bits per heavy atom. The van der Waals surface area contributed by atoms with Gasteiger partial charge in [0.25, 0.3) is 0 Å². The van der Waals surface area contributed by atoms with Gasteiger partial charge in [-0.2, -0.15) is 13.2 Å². The van der Waals surface area contributed by atoms with Crippen LogP contribution in [0.5, 0.6) is 0 Å². The second-order valence-electron chi connectivity index (χ2n) is 4.53. The van der Waals surface area contributed by atoms with Gasteiger partial charge in [0.05, 0.1) is 5.56 Å². The zero-order valence-corrected chi connectivity index (χ0v) is 10.5. The first-order valence-corrected chi connectivity index (χ1v) is 6.15. The molecule has 0 atom stereocenters. The van der Waals surface area contributed by atoms with Gasteiger partial charge in [-0.05, 0) is 31.0 Å². The number of alkyl halides is 3. The number of rotatable bonds is 1. The molecule has 1 aromatic carbocycles. The summed E-state index contributed by atoms with van der Waals surface area (Å²) < 4.78 is 37.6. The molecule has 0 unspecified atom stereocenters. The summed E-state index contributed by atoms with van der Waals surface area (Å²) in [5, 5.41) is 2.20. The maximum absolute atomic E-state index is 12.5. The van der Waals surface area contributed by atoms with Crippen molar-refractivity contribution in [1.29, 1.82) is 0 Å². The van der Waals surface area contributed by atoms with E-state index in [9.17, 15) is 22.8 Å². The van der Waals surface area contributed by atoms with Crippen molar-refractivity contribution in [3.05, 3.63) is 29.8 Å². The number of halogens is 3. The van der Waals surface area contributed by atoms with Crippen LogP contribution in [-0.4, -0.2) is 29.8 Å². The second-order valence-corrected chi connectivity index (χ2v) is 4.53. The monoisotopic (exact) mass is 286 g/mol. The lowest BCUT2D eigenvalue weighted by molar-refractivity contribution is -0.142. The van der Waals surface area contributed by atoms with Crippen LogP contribution in [0.3, 0.4) is 0 Å². The van der Waals surface area contributed by atoms with Gasteiger partial charge in [0.15, 0.2) is 0 Å². The molecule has 4 nitrogen and oxygen atoms in total. The lowest BCUT2D eigenvalue weighted by atomic mass is 10.2. The van der Waals surface area contributed by atoms with Gasteiger partial charge in [0.2, 0.25) is 0 Å². The van der Waals surface area contributed by atoms with E-state index in [1.165, 1.54) is 17.0 Å². The molecule has 0 aliphatic carbocycles. The van der Waals surface area contributed by atoms with Gasteiger partial charge >= 0.3 is 18.0 Å². The highest BCUT2D eigenvalue weighted by atomic mass is 19.4. The van der Waals surface area contributed by atoms with Crippen LogP contribution in [0, 0.1) is 0 Å². The van der Waals surface area contributed by atoms with Gasteiger partial charge in [-0.15, -0.1) is 0 Å². The highest BCUT2D eigenvalue weighted by Gasteiger charge is 2.31. The third kappa shape index (κ3) is 3.28. The molecule has 2 rings (SSSR count). The molecule has 7 heteroatoms. The smallest absolute Gasteiger partial charge is 0.334 e. The minimum Gasteiger partial charge on any atom is -0.334 e. The van der Waals surface area contributed by atoms with Crippen molar-refractivity contribution in [3.8, 4) is 0 Å². The van der Waals surface area contributed by atoms with Crippen molar-refractivity contribution in [1.82, 2.24) is 4.90 Å². The fourth-order valence-electron chi connectivity index (χ4n) is 2.02. The molecule has 1 fully saturated rings. The number of carbonyl (C=O) groups excluding carboxylic acids is 2. The lowest BCUT2D eigenvalue weighted by Gasteiger charge is -2.15. The Bertz CT molecular complexity index is 523. The van der Waals surface area contributed by atoms with Gasteiger partial charge in [0, 0.05) is 18.8 Å². The number of nitrogens with zero attached hydrogens (tertiary/aromatic N) is 1. The molecule has 0 saturated carbocycles. The van der Waals surface area contributed by atoms with E-state index in [0.29, 0.717) is 13.1 Å². The molecule has 0 spiro atoms. The first-order valence-electron chi connectivity index (χ1n) is 6.15. The normalized spacial score (nSPS) is 15.2. The van der Waals surface area contributed by atoms with Crippen molar-refractivity contribution in [2.24, 2.45) is 0 Å². The van der Waals surface area contributed by atoms with Gasteiger partial charge in [-0.1, -0.05) is 6.07 Å². The van der Waals surface area contributed by atoms with Crippen molar-refractivity contribution in [2.45, 2.75) is 19.0 Å². The topological polar surface area (TPSA) is 49.4 Å². The van der Waals surface area contributed by atoms with E-state index in [0.717, 1.165) is 25.0 Å². The number of hydrogen-bond donors (Lipinski definition) is 1. The van der Waals surface area contributed by atoms with Crippen molar-refractivity contribution in [3.63, 3.8) is 0 Å².